The Morgan fingerprint density at radius 2 is 1.38 bits per heavy atom. The van der Waals surface area contributed by atoms with Gasteiger partial charge in [-0.25, -0.2) is 22.9 Å². The molecule has 0 unspecified atom stereocenters. The van der Waals surface area contributed by atoms with Gasteiger partial charge in [-0.3, -0.25) is 9.36 Å². The number of anilines is 1. The number of urea groups is 1. The SMILES string of the molecule is CCNC(=O)Nc1ccc(-c2sc3c(c2CN(C)CCN(C)Cc2ccccc2)c(=O)n(-c2ccccc2)c(=O)n3Cc2c(F)cccc2F)cc1. The number of carbonyl (C=O) groups is 1. The van der Waals surface area contributed by atoms with Crippen molar-refractivity contribution >= 4 is 33.3 Å². The average Bonchev–Trinajstić information content (AvgIpc) is 3.50. The van der Waals surface area contributed by atoms with E-state index < -0.39 is 29.4 Å². The number of para-hydroxylation sites is 1. The number of benzene rings is 4. The molecule has 52 heavy (non-hydrogen) atoms. The molecule has 0 saturated carbocycles. The van der Waals surface area contributed by atoms with Crippen LogP contribution in [0.1, 0.15) is 23.6 Å². The molecular formula is C40H40F2N6O3S. The molecule has 0 bridgehead atoms. The summed E-state index contributed by atoms with van der Waals surface area (Å²) in [5.41, 5.74) is 2.08. The monoisotopic (exact) mass is 722 g/mol. The third-order valence-electron chi connectivity index (χ3n) is 8.79. The fourth-order valence-corrected chi connectivity index (χ4v) is 7.45. The van der Waals surface area contributed by atoms with Gasteiger partial charge in [0, 0.05) is 48.9 Å². The molecule has 0 radical (unpaired) electrons. The number of amides is 2. The van der Waals surface area contributed by atoms with Crippen molar-refractivity contribution in [2.24, 2.45) is 0 Å². The Morgan fingerprint density at radius 1 is 0.769 bits per heavy atom. The van der Waals surface area contributed by atoms with Gasteiger partial charge in [0.15, 0.2) is 0 Å². The second kappa shape index (κ2) is 16.3. The van der Waals surface area contributed by atoms with Crippen molar-refractivity contribution in [2.45, 2.75) is 26.6 Å². The molecule has 9 nitrogen and oxygen atoms in total. The molecule has 0 saturated heterocycles. The first-order valence-corrected chi connectivity index (χ1v) is 17.8. The van der Waals surface area contributed by atoms with Crippen molar-refractivity contribution in [1.82, 2.24) is 24.3 Å². The Balaban J connectivity index is 1.48. The van der Waals surface area contributed by atoms with E-state index in [1.54, 1.807) is 42.5 Å². The summed E-state index contributed by atoms with van der Waals surface area (Å²) in [4.78, 5) is 46.4. The van der Waals surface area contributed by atoms with Crippen LogP contribution < -0.4 is 21.9 Å². The fourth-order valence-electron chi connectivity index (χ4n) is 6.14. The van der Waals surface area contributed by atoms with Crippen LogP contribution >= 0.6 is 11.3 Å². The molecule has 2 amide bonds. The minimum Gasteiger partial charge on any atom is -0.338 e. The van der Waals surface area contributed by atoms with Gasteiger partial charge in [0.1, 0.15) is 16.5 Å². The topological polar surface area (TPSA) is 91.6 Å². The summed E-state index contributed by atoms with van der Waals surface area (Å²) in [7, 11) is 4.03. The third-order valence-corrected chi connectivity index (χ3v) is 10.1. The molecule has 6 rings (SSSR count). The first-order valence-electron chi connectivity index (χ1n) is 17.0. The molecule has 0 aliphatic carbocycles. The lowest BCUT2D eigenvalue weighted by atomic mass is 10.1. The molecule has 2 heterocycles. The first kappa shape index (κ1) is 36.4. The molecule has 0 atom stereocenters. The second-order valence-corrected chi connectivity index (χ2v) is 13.7. The summed E-state index contributed by atoms with van der Waals surface area (Å²) in [5, 5.41) is 5.81. The van der Waals surface area contributed by atoms with Gasteiger partial charge in [-0.15, -0.1) is 11.3 Å². The Kier molecular flexibility index (Phi) is 11.4. The normalized spacial score (nSPS) is 11.4. The van der Waals surface area contributed by atoms with Crippen molar-refractivity contribution in [1.29, 1.82) is 0 Å². The lowest BCUT2D eigenvalue weighted by Crippen LogP contribution is -2.39. The van der Waals surface area contributed by atoms with Crippen LogP contribution in [0.3, 0.4) is 0 Å². The maximum Gasteiger partial charge on any atom is 0.337 e. The summed E-state index contributed by atoms with van der Waals surface area (Å²) in [6.45, 7) is 4.43. The third kappa shape index (κ3) is 8.04. The standard InChI is InChI=1S/C40H40F2N6O3S/c1-4-43-39(50)44-29-20-18-28(19-21-29)36-32(25-46(3)23-22-45(2)24-27-12-7-5-8-13-27)35-37(49)48(30-14-9-6-10-15-30)40(51)47(38(35)52-36)26-31-33(41)16-11-17-34(31)42/h5-21H,4,22-26H2,1-3H3,(H2,43,44,50). The highest BCUT2D eigenvalue weighted by Gasteiger charge is 2.26. The van der Waals surface area contributed by atoms with Gasteiger partial charge in [0.05, 0.1) is 17.6 Å². The number of fused-ring (bicyclic) bond motifs is 1. The Hall–Kier alpha value is -5.43. The quantitative estimate of drug-likeness (QED) is 0.135. The second-order valence-electron chi connectivity index (χ2n) is 12.7. The van der Waals surface area contributed by atoms with Gasteiger partial charge in [-0.2, -0.15) is 0 Å². The van der Waals surface area contributed by atoms with Crippen molar-refractivity contribution < 1.29 is 13.6 Å². The van der Waals surface area contributed by atoms with Crippen LogP contribution in [-0.4, -0.2) is 58.7 Å². The average molecular weight is 723 g/mol. The minimum atomic E-state index is -0.788. The van der Waals surface area contributed by atoms with Crippen LogP contribution in [0.2, 0.25) is 0 Å². The van der Waals surface area contributed by atoms with E-state index in [1.165, 1.54) is 27.5 Å². The molecule has 268 valence electrons. The molecule has 0 spiro atoms. The predicted octanol–water partition coefficient (Wildman–Crippen LogP) is 6.91. The smallest absolute Gasteiger partial charge is 0.337 e. The molecule has 12 heteroatoms. The lowest BCUT2D eigenvalue weighted by Gasteiger charge is -2.22. The summed E-state index contributed by atoms with van der Waals surface area (Å²) >= 11 is 1.23. The van der Waals surface area contributed by atoms with Gasteiger partial charge < -0.3 is 20.4 Å². The zero-order valence-corrected chi connectivity index (χ0v) is 30.1. The number of hydrogen-bond acceptors (Lipinski definition) is 6. The largest absolute Gasteiger partial charge is 0.338 e. The van der Waals surface area contributed by atoms with E-state index in [0.29, 0.717) is 46.8 Å². The maximum absolute atomic E-state index is 15.1. The number of halogens is 2. The summed E-state index contributed by atoms with van der Waals surface area (Å²) in [6.07, 6.45) is 0. The van der Waals surface area contributed by atoms with Gasteiger partial charge in [0.2, 0.25) is 0 Å². The van der Waals surface area contributed by atoms with E-state index in [9.17, 15) is 14.4 Å². The number of thiophene rings is 1. The van der Waals surface area contributed by atoms with Crippen molar-refractivity contribution in [3.8, 4) is 16.1 Å². The molecular weight excluding hydrogens is 683 g/mol. The summed E-state index contributed by atoms with van der Waals surface area (Å²) in [6, 6.07) is 29.2. The van der Waals surface area contributed by atoms with Crippen LogP contribution in [0.15, 0.2) is 113 Å². The highest BCUT2D eigenvalue weighted by atomic mass is 32.1. The molecule has 0 fully saturated rings. The number of rotatable bonds is 13. The number of likely N-dealkylation sites (N-methyl/N-ethyl adjacent to an activating group) is 2. The number of carbonyl (C=O) groups excluding carboxylic acids is 1. The zero-order valence-electron chi connectivity index (χ0n) is 29.2. The Bertz CT molecular complexity index is 2270. The molecule has 0 aliphatic rings. The fraction of sp³-hybridized carbons (Fsp3) is 0.225. The van der Waals surface area contributed by atoms with Crippen LogP contribution in [0, 0.1) is 11.6 Å². The van der Waals surface area contributed by atoms with E-state index in [0.717, 1.165) is 40.2 Å². The number of nitrogens with zero attached hydrogens (tertiary/aromatic N) is 4. The van der Waals surface area contributed by atoms with E-state index >= 15 is 8.78 Å². The Morgan fingerprint density at radius 3 is 2.02 bits per heavy atom. The molecule has 2 aromatic heterocycles. The number of aromatic nitrogens is 2. The maximum atomic E-state index is 15.1. The highest BCUT2D eigenvalue weighted by molar-refractivity contribution is 7.22. The number of nitrogens with one attached hydrogen (secondary N) is 2. The van der Waals surface area contributed by atoms with Crippen molar-refractivity contribution in [3.05, 3.63) is 152 Å². The molecule has 6 aromatic rings. The van der Waals surface area contributed by atoms with E-state index in [-0.39, 0.29) is 11.6 Å². The van der Waals surface area contributed by atoms with Gasteiger partial charge >= 0.3 is 11.7 Å². The van der Waals surface area contributed by atoms with E-state index in [1.807, 2.05) is 44.3 Å². The summed E-state index contributed by atoms with van der Waals surface area (Å²) < 4.78 is 32.6. The van der Waals surface area contributed by atoms with Gasteiger partial charge in [-0.05, 0) is 74.1 Å². The predicted molar refractivity (Wildman–Crippen MR) is 204 cm³/mol. The van der Waals surface area contributed by atoms with E-state index in [2.05, 4.69) is 39.6 Å². The highest BCUT2D eigenvalue weighted by Crippen LogP contribution is 2.38. The lowest BCUT2D eigenvalue weighted by molar-refractivity contribution is 0.248. The van der Waals surface area contributed by atoms with Gasteiger partial charge in [0.25, 0.3) is 5.56 Å². The zero-order chi connectivity index (χ0) is 36.8. The molecule has 0 aliphatic heterocycles. The van der Waals surface area contributed by atoms with Gasteiger partial charge in [-0.1, -0.05) is 66.7 Å². The van der Waals surface area contributed by atoms with Crippen molar-refractivity contribution in [3.63, 3.8) is 0 Å². The van der Waals surface area contributed by atoms with Crippen LogP contribution in [-0.2, 0) is 19.6 Å². The molecule has 2 N–H and O–H groups in total. The van der Waals surface area contributed by atoms with Crippen molar-refractivity contribution in [2.75, 3.05) is 39.0 Å². The van der Waals surface area contributed by atoms with E-state index in [4.69, 9.17) is 0 Å². The number of hydrogen-bond donors (Lipinski definition) is 2. The van der Waals surface area contributed by atoms with Crippen LogP contribution in [0.25, 0.3) is 26.3 Å². The van der Waals surface area contributed by atoms with Crippen LogP contribution in [0.5, 0.6) is 0 Å². The minimum absolute atomic E-state index is 0.278. The summed E-state index contributed by atoms with van der Waals surface area (Å²) in [5.74, 6) is -1.58. The molecule has 4 aromatic carbocycles. The first-order chi connectivity index (χ1) is 25.1. The van der Waals surface area contributed by atoms with Crippen LogP contribution in [0.4, 0.5) is 19.3 Å². The Labute approximate surface area is 304 Å².